The Labute approximate surface area is 157 Å². The fourth-order valence-electron chi connectivity index (χ4n) is 2.55. The van der Waals surface area contributed by atoms with Gasteiger partial charge in [-0.1, -0.05) is 43.3 Å². The van der Waals surface area contributed by atoms with Crippen LogP contribution < -0.4 is 10.5 Å². The molecule has 3 aromatic rings. The van der Waals surface area contributed by atoms with Crippen molar-refractivity contribution in [3.63, 3.8) is 0 Å². The number of rotatable bonds is 7. The zero-order valence-electron chi connectivity index (χ0n) is 15.3. The van der Waals surface area contributed by atoms with Crippen LogP contribution in [0.15, 0.2) is 59.1 Å². The molecule has 6 nitrogen and oxygen atoms in total. The fraction of sp³-hybridized carbons (Fsp3) is 0.238. The first-order valence-corrected chi connectivity index (χ1v) is 8.71. The first-order valence-electron chi connectivity index (χ1n) is 8.71. The highest BCUT2D eigenvalue weighted by molar-refractivity contribution is 5.64. The second-order valence-corrected chi connectivity index (χ2v) is 6.50. The molecule has 0 unspecified atom stereocenters. The third kappa shape index (κ3) is 5.10. The number of nitrogens with two attached hydrogens (primary N) is 1. The molecule has 6 heteroatoms. The molecule has 0 aliphatic heterocycles. The van der Waals surface area contributed by atoms with Crippen LogP contribution in [-0.4, -0.2) is 11.2 Å². The minimum absolute atomic E-state index is 0.0425. The standard InChI is InChI=1S/C21H22N2O4/c1-14(2)16-5-3-15(4-6-16)12-25-18-9-7-17(8-10-18)20-11-19(27-23-20)13-26-21(22)24/h3-11,14H,12-13H2,1-2H3,(H2,22,24). The largest absolute Gasteiger partial charge is 0.489 e. The minimum Gasteiger partial charge on any atom is -0.489 e. The number of aromatic nitrogens is 1. The summed E-state index contributed by atoms with van der Waals surface area (Å²) < 4.78 is 15.6. The zero-order chi connectivity index (χ0) is 19.2. The average molecular weight is 366 g/mol. The van der Waals surface area contributed by atoms with Gasteiger partial charge in [0.1, 0.15) is 18.1 Å². The van der Waals surface area contributed by atoms with E-state index in [1.54, 1.807) is 6.07 Å². The number of carbonyl (C=O) groups excluding carboxylic acids is 1. The molecule has 0 radical (unpaired) electrons. The number of amides is 1. The van der Waals surface area contributed by atoms with Crippen molar-refractivity contribution >= 4 is 6.09 Å². The Morgan fingerprint density at radius 3 is 2.41 bits per heavy atom. The molecule has 0 fully saturated rings. The number of benzene rings is 2. The van der Waals surface area contributed by atoms with Crippen molar-refractivity contribution in [2.24, 2.45) is 5.73 Å². The number of nitrogens with zero attached hydrogens (tertiary/aromatic N) is 1. The van der Waals surface area contributed by atoms with E-state index in [9.17, 15) is 4.79 Å². The number of hydrogen-bond donors (Lipinski definition) is 1. The van der Waals surface area contributed by atoms with Gasteiger partial charge in [-0.2, -0.15) is 0 Å². The lowest BCUT2D eigenvalue weighted by Gasteiger charge is -2.09. The second kappa shape index (κ2) is 8.40. The van der Waals surface area contributed by atoms with Gasteiger partial charge in [-0.25, -0.2) is 4.79 Å². The van der Waals surface area contributed by atoms with Crippen LogP contribution >= 0.6 is 0 Å². The van der Waals surface area contributed by atoms with E-state index in [0.29, 0.717) is 24.0 Å². The predicted octanol–water partition coefficient (Wildman–Crippen LogP) is 4.64. The molecule has 2 aromatic carbocycles. The summed E-state index contributed by atoms with van der Waals surface area (Å²) >= 11 is 0. The number of primary amides is 1. The summed E-state index contributed by atoms with van der Waals surface area (Å²) in [6, 6.07) is 17.7. The number of ether oxygens (including phenoxy) is 2. The van der Waals surface area contributed by atoms with E-state index < -0.39 is 6.09 Å². The molecule has 1 aromatic heterocycles. The quantitative estimate of drug-likeness (QED) is 0.658. The van der Waals surface area contributed by atoms with Gasteiger partial charge in [0.05, 0.1) is 0 Å². The fourth-order valence-corrected chi connectivity index (χ4v) is 2.55. The lowest BCUT2D eigenvalue weighted by Crippen LogP contribution is -2.12. The third-order valence-electron chi connectivity index (χ3n) is 4.12. The summed E-state index contributed by atoms with van der Waals surface area (Å²) in [6.45, 7) is 4.82. The smallest absolute Gasteiger partial charge is 0.404 e. The Hall–Kier alpha value is -3.28. The molecule has 0 saturated heterocycles. The molecule has 0 bridgehead atoms. The summed E-state index contributed by atoms with van der Waals surface area (Å²) in [5, 5.41) is 3.96. The number of carbonyl (C=O) groups is 1. The molecule has 0 aliphatic carbocycles. The van der Waals surface area contributed by atoms with Crippen molar-refractivity contribution in [1.82, 2.24) is 5.16 Å². The van der Waals surface area contributed by atoms with Crippen molar-refractivity contribution in [2.75, 3.05) is 0 Å². The number of hydrogen-bond acceptors (Lipinski definition) is 5. The van der Waals surface area contributed by atoms with Gasteiger partial charge in [0.2, 0.25) is 0 Å². The topological polar surface area (TPSA) is 87.6 Å². The molecule has 0 atom stereocenters. The predicted molar refractivity (Wildman–Crippen MR) is 101 cm³/mol. The highest BCUT2D eigenvalue weighted by atomic mass is 16.6. The summed E-state index contributed by atoms with van der Waals surface area (Å²) in [5.41, 5.74) is 8.89. The van der Waals surface area contributed by atoms with Gasteiger partial charge in [0.25, 0.3) is 0 Å². The molecular weight excluding hydrogens is 344 g/mol. The maximum Gasteiger partial charge on any atom is 0.404 e. The monoisotopic (exact) mass is 366 g/mol. The van der Waals surface area contributed by atoms with Gasteiger partial charge in [-0.3, -0.25) is 0 Å². The van der Waals surface area contributed by atoms with Crippen LogP contribution in [0.5, 0.6) is 5.75 Å². The average Bonchev–Trinajstić information content (AvgIpc) is 3.14. The second-order valence-electron chi connectivity index (χ2n) is 6.50. The summed E-state index contributed by atoms with van der Waals surface area (Å²) in [5.74, 6) is 1.72. The molecule has 27 heavy (non-hydrogen) atoms. The summed E-state index contributed by atoms with van der Waals surface area (Å²) in [6.07, 6.45) is -0.853. The van der Waals surface area contributed by atoms with Crippen LogP contribution in [0, 0.1) is 0 Å². The molecule has 2 N–H and O–H groups in total. The zero-order valence-corrected chi connectivity index (χ0v) is 15.3. The molecule has 0 spiro atoms. The molecule has 0 saturated carbocycles. The van der Waals surface area contributed by atoms with E-state index in [1.165, 1.54) is 5.56 Å². The molecular formula is C21H22N2O4. The van der Waals surface area contributed by atoms with E-state index in [0.717, 1.165) is 16.9 Å². The third-order valence-corrected chi connectivity index (χ3v) is 4.12. The molecule has 140 valence electrons. The van der Waals surface area contributed by atoms with E-state index in [4.69, 9.17) is 15.0 Å². The maximum atomic E-state index is 10.6. The lowest BCUT2D eigenvalue weighted by atomic mass is 10.0. The van der Waals surface area contributed by atoms with Crippen LogP contribution in [0.2, 0.25) is 0 Å². The van der Waals surface area contributed by atoms with Crippen LogP contribution in [0.25, 0.3) is 11.3 Å². The normalized spacial score (nSPS) is 10.8. The van der Waals surface area contributed by atoms with Crippen molar-refractivity contribution in [3.8, 4) is 17.0 Å². The van der Waals surface area contributed by atoms with Gasteiger partial charge < -0.3 is 19.7 Å². The van der Waals surface area contributed by atoms with Crippen molar-refractivity contribution < 1.29 is 18.8 Å². The van der Waals surface area contributed by atoms with Crippen LogP contribution in [0.1, 0.15) is 36.7 Å². The summed E-state index contributed by atoms with van der Waals surface area (Å²) in [4.78, 5) is 10.6. The Morgan fingerprint density at radius 1 is 1.07 bits per heavy atom. The molecule has 3 rings (SSSR count). The van der Waals surface area contributed by atoms with Gasteiger partial charge in [0, 0.05) is 11.6 Å². The Bertz CT molecular complexity index is 883. The van der Waals surface area contributed by atoms with Crippen LogP contribution in [0.4, 0.5) is 4.79 Å². The van der Waals surface area contributed by atoms with Crippen molar-refractivity contribution in [3.05, 3.63) is 71.5 Å². The lowest BCUT2D eigenvalue weighted by molar-refractivity contribution is 0.137. The Morgan fingerprint density at radius 2 is 1.78 bits per heavy atom. The van der Waals surface area contributed by atoms with E-state index in [-0.39, 0.29) is 6.61 Å². The first kappa shape index (κ1) is 18.5. The molecule has 0 aliphatic rings. The molecule has 1 amide bonds. The Balaban J connectivity index is 1.58. The van der Waals surface area contributed by atoms with Gasteiger partial charge in [-0.15, -0.1) is 0 Å². The van der Waals surface area contributed by atoms with Gasteiger partial charge >= 0.3 is 6.09 Å². The van der Waals surface area contributed by atoms with Crippen LogP contribution in [-0.2, 0) is 18.0 Å². The minimum atomic E-state index is -0.853. The molecule has 1 heterocycles. The maximum absolute atomic E-state index is 10.6. The van der Waals surface area contributed by atoms with Crippen molar-refractivity contribution in [2.45, 2.75) is 33.0 Å². The highest BCUT2D eigenvalue weighted by Gasteiger charge is 2.08. The van der Waals surface area contributed by atoms with Gasteiger partial charge in [0.15, 0.2) is 12.4 Å². The van der Waals surface area contributed by atoms with Crippen molar-refractivity contribution in [1.29, 1.82) is 0 Å². The van der Waals surface area contributed by atoms with Gasteiger partial charge in [-0.05, 0) is 41.3 Å². The van der Waals surface area contributed by atoms with E-state index in [1.807, 2.05) is 24.3 Å². The SMILES string of the molecule is CC(C)c1ccc(COc2ccc(-c3cc(COC(N)=O)on3)cc2)cc1. The van der Waals surface area contributed by atoms with E-state index in [2.05, 4.69) is 48.0 Å². The van der Waals surface area contributed by atoms with Crippen LogP contribution in [0.3, 0.4) is 0 Å². The Kier molecular flexibility index (Phi) is 5.76. The van der Waals surface area contributed by atoms with E-state index >= 15 is 0 Å². The highest BCUT2D eigenvalue weighted by Crippen LogP contribution is 2.23. The summed E-state index contributed by atoms with van der Waals surface area (Å²) in [7, 11) is 0. The first-order chi connectivity index (χ1) is 13.0.